The van der Waals surface area contributed by atoms with Crippen LogP contribution in [0.15, 0.2) is 109 Å². The number of pyridine rings is 1. The minimum atomic E-state index is 0.974. The molecular weight excluding hydrogens is 504 g/mol. The highest BCUT2D eigenvalue weighted by Crippen LogP contribution is 2.41. The highest BCUT2D eigenvalue weighted by Gasteiger charge is 2.15. The molecule has 188 valence electrons. The van der Waals surface area contributed by atoms with E-state index >= 15 is 0 Å². The van der Waals surface area contributed by atoms with E-state index < -0.39 is 0 Å². The van der Waals surface area contributed by atoms with Crippen LogP contribution in [-0.4, -0.2) is 9.55 Å². The van der Waals surface area contributed by atoms with Crippen LogP contribution >= 0.6 is 11.3 Å². The Morgan fingerprint density at radius 2 is 1.32 bits per heavy atom. The zero-order valence-electron chi connectivity index (χ0n) is 21.8. The van der Waals surface area contributed by atoms with Crippen LogP contribution in [-0.2, 0) is 0 Å². The molecule has 3 heteroatoms. The van der Waals surface area contributed by atoms with Gasteiger partial charge in [-0.3, -0.25) is 4.57 Å². The van der Waals surface area contributed by atoms with Crippen LogP contribution in [0.1, 0.15) is 12.8 Å². The summed E-state index contributed by atoms with van der Waals surface area (Å²) in [5, 5.41) is 10.2. The fourth-order valence-electron chi connectivity index (χ4n) is 6.52. The number of aromatic nitrogens is 2. The van der Waals surface area contributed by atoms with E-state index in [-0.39, 0.29) is 0 Å². The van der Waals surface area contributed by atoms with E-state index in [1.54, 1.807) is 0 Å². The largest absolute Gasteiger partial charge is 0.294 e. The van der Waals surface area contributed by atoms with Gasteiger partial charge in [0.25, 0.3) is 0 Å². The van der Waals surface area contributed by atoms with Gasteiger partial charge in [-0.25, -0.2) is 4.98 Å². The van der Waals surface area contributed by atoms with Gasteiger partial charge in [-0.05, 0) is 88.5 Å². The molecule has 1 aliphatic rings. The first-order valence-corrected chi connectivity index (χ1v) is 14.7. The summed E-state index contributed by atoms with van der Waals surface area (Å²) in [5.41, 5.74) is 4.85. The predicted molar refractivity (Wildman–Crippen MR) is 172 cm³/mol. The number of nitrogens with zero attached hydrogens (tertiary/aromatic N) is 2. The van der Waals surface area contributed by atoms with E-state index in [4.69, 9.17) is 4.98 Å². The lowest BCUT2D eigenvalue weighted by Crippen LogP contribution is -2.30. The van der Waals surface area contributed by atoms with Crippen LogP contribution in [0.25, 0.3) is 81.8 Å². The van der Waals surface area contributed by atoms with Crippen molar-refractivity contribution in [3.8, 4) is 16.9 Å². The van der Waals surface area contributed by atoms with Gasteiger partial charge in [0.2, 0.25) is 0 Å². The van der Waals surface area contributed by atoms with E-state index in [9.17, 15) is 0 Å². The number of rotatable bonds is 2. The number of para-hydroxylation sites is 1. The molecule has 0 spiro atoms. The van der Waals surface area contributed by atoms with Gasteiger partial charge < -0.3 is 0 Å². The van der Waals surface area contributed by atoms with Crippen molar-refractivity contribution in [3.05, 3.63) is 120 Å². The molecule has 2 nitrogen and oxygen atoms in total. The Hall–Kier alpha value is -4.73. The molecule has 5 aromatic carbocycles. The van der Waals surface area contributed by atoms with Gasteiger partial charge in [0, 0.05) is 30.9 Å². The van der Waals surface area contributed by atoms with Crippen molar-refractivity contribution >= 4 is 76.2 Å². The smallest absolute Gasteiger partial charge is 0.138 e. The maximum atomic E-state index is 5.10. The first-order chi connectivity index (χ1) is 19.8. The summed E-state index contributed by atoms with van der Waals surface area (Å²) >= 11 is 1.88. The summed E-state index contributed by atoms with van der Waals surface area (Å²) in [6, 6.07) is 40.2. The summed E-state index contributed by atoms with van der Waals surface area (Å²) in [6.45, 7) is 0. The number of thiophene rings is 1. The zero-order chi connectivity index (χ0) is 26.2. The Labute approximate surface area is 234 Å². The summed E-state index contributed by atoms with van der Waals surface area (Å²) in [4.78, 5) is 5.10. The topological polar surface area (TPSA) is 17.8 Å². The average molecular weight is 529 g/mol. The van der Waals surface area contributed by atoms with Crippen LogP contribution in [0.4, 0.5) is 0 Å². The maximum absolute atomic E-state index is 5.10. The molecule has 0 radical (unpaired) electrons. The van der Waals surface area contributed by atoms with Gasteiger partial charge in [0.1, 0.15) is 5.82 Å². The molecule has 0 N–H and O–H groups in total. The minimum absolute atomic E-state index is 0.974. The predicted octanol–water partition coefficient (Wildman–Crippen LogP) is 8.72. The van der Waals surface area contributed by atoms with Crippen molar-refractivity contribution in [2.24, 2.45) is 0 Å². The molecule has 0 unspecified atom stereocenters. The van der Waals surface area contributed by atoms with E-state index in [0.717, 1.165) is 24.0 Å². The van der Waals surface area contributed by atoms with Crippen molar-refractivity contribution in [2.75, 3.05) is 0 Å². The van der Waals surface area contributed by atoms with Crippen molar-refractivity contribution in [1.82, 2.24) is 9.55 Å². The second-order valence-electron chi connectivity index (χ2n) is 10.7. The first kappa shape index (κ1) is 22.1. The molecule has 0 atom stereocenters. The van der Waals surface area contributed by atoms with Crippen LogP contribution in [0.5, 0.6) is 0 Å². The Balaban J connectivity index is 1.28. The molecule has 0 fully saturated rings. The Morgan fingerprint density at radius 3 is 2.27 bits per heavy atom. The second-order valence-corrected chi connectivity index (χ2v) is 11.8. The third-order valence-corrected chi connectivity index (χ3v) is 9.54. The number of hydrogen-bond acceptors (Lipinski definition) is 2. The van der Waals surface area contributed by atoms with Crippen molar-refractivity contribution < 1.29 is 0 Å². The first-order valence-electron chi connectivity index (χ1n) is 13.9. The summed E-state index contributed by atoms with van der Waals surface area (Å²) < 4.78 is 5.00. The molecule has 9 rings (SSSR count). The number of hydrogen-bond donors (Lipinski definition) is 0. The molecule has 0 saturated heterocycles. The normalized spacial score (nSPS) is 13.2. The lowest BCUT2D eigenvalue weighted by Gasteiger charge is -2.09. The zero-order valence-corrected chi connectivity index (χ0v) is 22.6. The fourth-order valence-corrected chi connectivity index (χ4v) is 7.62. The lowest BCUT2D eigenvalue weighted by molar-refractivity contribution is 1.02. The SMILES string of the molecule is C1=c2ccc(-n3c4ccccc4c4cc(-c5ccc6sc7ccc8ccccc8c7c6c5)ccc43)nc2=CCC1. The molecule has 8 aromatic rings. The maximum Gasteiger partial charge on any atom is 0.138 e. The third kappa shape index (κ3) is 3.19. The van der Waals surface area contributed by atoms with E-state index in [2.05, 4.69) is 126 Å². The Bertz CT molecular complexity index is 2440. The summed E-state index contributed by atoms with van der Waals surface area (Å²) in [5.74, 6) is 0.974. The van der Waals surface area contributed by atoms with Crippen molar-refractivity contribution in [3.63, 3.8) is 0 Å². The molecule has 0 amide bonds. The molecule has 0 aliphatic heterocycles. The lowest BCUT2D eigenvalue weighted by atomic mass is 9.99. The summed E-state index contributed by atoms with van der Waals surface area (Å²) in [7, 11) is 0. The van der Waals surface area contributed by atoms with Gasteiger partial charge in [0.15, 0.2) is 0 Å². The molecule has 3 heterocycles. The molecule has 0 bridgehead atoms. The Kier molecular flexibility index (Phi) is 4.64. The van der Waals surface area contributed by atoms with Crippen molar-refractivity contribution in [2.45, 2.75) is 12.8 Å². The standard InChI is InChI=1S/C37H24N2S/c1-3-9-27-23(7-1)14-19-35-37(27)30-22-26(15-18-34(30)40-35)25-13-17-33-29(21-25)28-10-4-6-12-32(28)39(33)36-20-16-24-8-2-5-11-31(24)38-36/h1,3-4,6-22H,2,5H2. The van der Waals surface area contributed by atoms with Crippen LogP contribution in [0.2, 0.25) is 0 Å². The van der Waals surface area contributed by atoms with Gasteiger partial charge >= 0.3 is 0 Å². The van der Waals surface area contributed by atoms with Gasteiger partial charge in [-0.1, -0.05) is 72.8 Å². The minimum Gasteiger partial charge on any atom is -0.294 e. The average Bonchev–Trinajstić information content (AvgIpc) is 3.56. The second kappa shape index (κ2) is 8.38. The molecular formula is C37H24N2S. The monoisotopic (exact) mass is 528 g/mol. The van der Waals surface area contributed by atoms with Crippen molar-refractivity contribution in [1.29, 1.82) is 0 Å². The summed E-state index contributed by atoms with van der Waals surface area (Å²) in [6.07, 6.45) is 6.70. The molecule has 0 saturated carbocycles. The third-order valence-electron chi connectivity index (χ3n) is 8.41. The fraction of sp³-hybridized carbons (Fsp3) is 0.0541. The number of fused-ring (bicyclic) bond motifs is 9. The van der Waals surface area contributed by atoms with Gasteiger partial charge in [0.05, 0.1) is 16.4 Å². The Morgan fingerprint density at radius 1 is 0.575 bits per heavy atom. The van der Waals surface area contributed by atoms with E-state index in [0.29, 0.717) is 0 Å². The van der Waals surface area contributed by atoms with E-state index in [1.807, 2.05) is 11.3 Å². The molecule has 1 aliphatic carbocycles. The highest BCUT2D eigenvalue weighted by molar-refractivity contribution is 7.26. The molecule has 40 heavy (non-hydrogen) atoms. The molecule has 3 aromatic heterocycles. The van der Waals surface area contributed by atoms with Gasteiger partial charge in [-0.15, -0.1) is 11.3 Å². The highest BCUT2D eigenvalue weighted by atomic mass is 32.1. The van der Waals surface area contributed by atoms with E-state index in [1.165, 1.54) is 69.1 Å². The number of benzene rings is 5. The quantitative estimate of drug-likeness (QED) is 0.219. The van der Waals surface area contributed by atoms with Crippen LogP contribution in [0, 0.1) is 0 Å². The van der Waals surface area contributed by atoms with Gasteiger partial charge in [-0.2, -0.15) is 0 Å². The van der Waals surface area contributed by atoms with Crippen LogP contribution in [0.3, 0.4) is 0 Å². The van der Waals surface area contributed by atoms with Crippen LogP contribution < -0.4 is 10.6 Å².